The van der Waals surface area contributed by atoms with Crippen molar-refractivity contribution in [3.05, 3.63) is 48.0 Å². The van der Waals surface area contributed by atoms with Crippen LogP contribution in [0.4, 0.5) is 0 Å². The topological polar surface area (TPSA) is 66.8 Å². The molecule has 1 N–H and O–H groups in total. The minimum atomic E-state index is -0.856. The zero-order chi connectivity index (χ0) is 16.7. The number of aliphatic hydroxyl groups is 1. The fourth-order valence-corrected chi connectivity index (χ4v) is 4.29. The Bertz CT molecular complexity index is 641. The highest BCUT2D eigenvalue weighted by Gasteiger charge is 2.59. The molecular weight excluding hydrogens is 306 g/mol. The zero-order valence-corrected chi connectivity index (χ0v) is 13.4. The lowest BCUT2D eigenvalue weighted by atomic mass is 9.85. The summed E-state index contributed by atoms with van der Waals surface area (Å²) in [6.07, 6.45) is 4.20. The molecule has 2 unspecified atom stereocenters. The van der Waals surface area contributed by atoms with Gasteiger partial charge < -0.3 is 9.84 Å². The molecule has 24 heavy (non-hydrogen) atoms. The first kappa shape index (κ1) is 15.5. The van der Waals surface area contributed by atoms with Gasteiger partial charge >= 0.3 is 0 Å². The molecule has 1 aromatic rings. The number of amides is 2. The van der Waals surface area contributed by atoms with Gasteiger partial charge in [-0.15, -0.1) is 0 Å². The number of ether oxygens (including phenoxy) is 1. The van der Waals surface area contributed by atoms with Crippen LogP contribution in [0.15, 0.2) is 42.5 Å². The number of aliphatic hydroxyl groups excluding tert-OH is 1. The van der Waals surface area contributed by atoms with Crippen molar-refractivity contribution in [2.75, 3.05) is 13.2 Å². The molecule has 5 nitrogen and oxygen atoms in total. The lowest BCUT2D eigenvalue weighted by molar-refractivity contribution is -0.143. The van der Waals surface area contributed by atoms with Crippen LogP contribution >= 0.6 is 0 Å². The molecule has 1 aromatic carbocycles. The Kier molecular flexibility index (Phi) is 3.98. The van der Waals surface area contributed by atoms with Gasteiger partial charge in [-0.2, -0.15) is 0 Å². The molecule has 2 amide bonds. The van der Waals surface area contributed by atoms with Crippen molar-refractivity contribution in [2.24, 2.45) is 23.7 Å². The highest BCUT2D eigenvalue weighted by atomic mass is 16.5. The van der Waals surface area contributed by atoms with Crippen LogP contribution in [0.3, 0.4) is 0 Å². The number of carbonyl (C=O) groups is 2. The van der Waals surface area contributed by atoms with Crippen LogP contribution in [-0.4, -0.2) is 41.1 Å². The summed E-state index contributed by atoms with van der Waals surface area (Å²) >= 11 is 0. The lowest BCUT2D eigenvalue weighted by Crippen LogP contribution is -2.40. The Balaban J connectivity index is 1.31. The highest BCUT2D eigenvalue weighted by Crippen LogP contribution is 2.52. The fraction of sp³-hybridized carbons (Fsp3) is 0.474. The fourth-order valence-electron chi connectivity index (χ4n) is 4.29. The van der Waals surface area contributed by atoms with Crippen molar-refractivity contribution >= 4 is 11.8 Å². The van der Waals surface area contributed by atoms with E-state index >= 15 is 0 Å². The summed E-state index contributed by atoms with van der Waals surface area (Å²) < 4.78 is 5.50. The number of fused-ring (bicyclic) bond motifs is 5. The van der Waals surface area contributed by atoms with Crippen LogP contribution in [0.5, 0.6) is 0 Å². The summed E-state index contributed by atoms with van der Waals surface area (Å²) in [6, 6.07) is 9.69. The summed E-state index contributed by atoms with van der Waals surface area (Å²) in [5.41, 5.74) is 1.02. The Hall–Kier alpha value is -1.98. The number of likely N-dealkylation sites (tertiary alicyclic amines) is 1. The molecular formula is C19H21NO4. The second-order valence-electron chi connectivity index (χ2n) is 6.94. The van der Waals surface area contributed by atoms with E-state index in [0.29, 0.717) is 6.61 Å². The SMILES string of the molecule is O=C1[C@@H]2[C@H](C(=O)N1CC(O)COCc1ccccc1)C1C=C[C@H]2C1. The molecule has 0 spiro atoms. The Morgan fingerprint density at radius 1 is 1.08 bits per heavy atom. The minimum absolute atomic E-state index is 0.0267. The summed E-state index contributed by atoms with van der Waals surface area (Å²) in [5.74, 6) is -0.247. The standard InChI is InChI=1S/C19H21NO4/c21-15(11-24-10-12-4-2-1-3-5-12)9-20-18(22)16-13-6-7-14(8-13)17(16)19(20)23/h1-7,13-17,21H,8-11H2/t13-,14?,15?,16-,17+/m0/s1. The van der Waals surface area contributed by atoms with Gasteiger partial charge in [0.05, 0.1) is 37.7 Å². The van der Waals surface area contributed by atoms with Crippen LogP contribution in [0.2, 0.25) is 0 Å². The maximum Gasteiger partial charge on any atom is 0.233 e. The Labute approximate surface area is 140 Å². The number of β-amino-alcohol motifs (C(OH)–C–C–N with tert-alkyl or cyclic N) is 1. The predicted octanol–water partition coefficient (Wildman–Crippen LogP) is 1.37. The summed E-state index contributed by atoms with van der Waals surface area (Å²) in [6.45, 7) is 0.532. The molecule has 2 aliphatic carbocycles. The quantitative estimate of drug-likeness (QED) is 0.633. The zero-order valence-electron chi connectivity index (χ0n) is 13.4. The van der Waals surface area contributed by atoms with E-state index in [1.165, 1.54) is 4.90 Å². The van der Waals surface area contributed by atoms with E-state index in [2.05, 4.69) is 12.2 Å². The van der Waals surface area contributed by atoms with E-state index < -0.39 is 6.10 Å². The molecule has 5 heteroatoms. The number of hydrogen-bond donors (Lipinski definition) is 1. The maximum absolute atomic E-state index is 12.5. The largest absolute Gasteiger partial charge is 0.389 e. The van der Waals surface area contributed by atoms with Crippen LogP contribution in [0.1, 0.15) is 12.0 Å². The van der Waals surface area contributed by atoms with E-state index in [0.717, 1.165) is 12.0 Å². The van der Waals surface area contributed by atoms with Crippen LogP contribution in [0, 0.1) is 23.7 Å². The Morgan fingerprint density at radius 2 is 1.71 bits per heavy atom. The second kappa shape index (κ2) is 6.15. The number of carbonyl (C=O) groups excluding carboxylic acids is 2. The molecule has 4 rings (SSSR count). The van der Waals surface area contributed by atoms with Gasteiger partial charge in [0, 0.05) is 0 Å². The molecule has 126 valence electrons. The smallest absolute Gasteiger partial charge is 0.233 e. The summed E-state index contributed by atoms with van der Waals surface area (Å²) in [5, 5.41) is 10.1. The highest BCUT2D eigenvalue weighted by molar-refractivity contribution is 6.06. The monoisotopic (exact) mass is 327 g/mol. The summed E-state index contributed by atoms with van der Waals surface area (Å²) in [4.78, 5) is 26.3. The maximum atomic E-state index is 12.5. The second-order valence-corrected chi connectivity index (χ2v) is 6.94. The van der Waals surface area contributed by atoms with E-state index in [1.54, 1.807) is 0 Å². The molecule has 1 aliphatic heterocycles. The number of benzene rings is 1. The number of rotatable bonds is 6. The molecule has 3 aliphatic rings. The normalized spacial score (nSPS) is 31.8. The van der Waals surface area contributed by atoms with Crippen molar-refractivity contribution in [3.63, 3.8) is 0 Å². The first-order valence-electron chi connectivity index (χ1n) is 8.48. The number of imide groups is 1. The van der Waals surface area contributed by atoms with Crippen molar-refractivity contribution < 1.29 is 19.4 Å². The van der Waals surface area contributed by atoms with Gasteiger partial charge in [-0.1, -0.05) is 42.5 Å². The number of nitrogens with zero attached hydrogens (tertiary/aromatic N) is 1. The molecule has 5 atom stereocenters. The Morgan fingerprint density at radius 3 is 2.33 bits per heavy atom. The number of hydrogen-bond acceptors (Lipinski definition) is 4. The molecule has 2 fully saturated rings. The molecule has 0 aromatic heterocycles. The van der Waals surface area contributed by atoms with Gasteiger partial charge in [-0.05, 0) is 23.8 Å². The van der Waals surface area contributed by atoms with Crippen molar-refractivity contribution in [1.29, 1.82) is 0 Å². The van der Waals surface area contributed by atoms with Gasteiger partial charge in [0.15, 0.2) is 0 Å². The summed E-state index contributed by atoms with van der Waals surface area (Å²) in [7, 11) is 0. The van der Waals surface area contributed by atoms with E-state index in [4.69, 9.17) is 4.74 Å². The van der Waals surface area contributed by atoms with Gasteiger partial charge in [-0.25, -0.2) is 0 Å². The minimum Gasteiger partial charge on any atom is -0.389 e. The van der Waals surface area contributed by atoms with Crippen molar-refractivity contribution in [1.82, 2.24) is 4.90 Å². The number of allylic oxidation sites excluding steroid dienone is 2. The first-order chi connectivity index (χ1) is 11.6. The van der Waals surface area contributed by atoms with Crippen molar-refractivity contribution in [2.45, 2.75) is 19.1 Å². The third-order valence-corrected chi connectivity index (χ3v) is 5.38. The third-order valence-electron chi connectivity index (χ3n) is 5.38. The molecule has 1 saturated heterocycles. The predicted molar refractivity (Wildman–Crippen MR) is 86.5 cm³/mol. The van der Waals surface area contributed by atoms with Gasteiger partial charge in [0.2, 0.25) is 11.8 Å². The molecule has 2 bridgehead atoms. The van der Waals surface area contributed by atoms with Gasteiger partial charge in [0.25, 0.3) is 0 Å². The first-order valence-corrected chi connectivity index (χ1v) is 8.48. The van der Waals surface area contributed by atoms with Crippen LogP contribution < -0.4 is 0 Å². The van der Waals surface area contributed by atoms with Crippen molar-refractivity contribution in [3.8, 4) is 0 Å². The van der Waals surface area contributed by atoms with Gasteiger partial charge in [-0.3, -0.25) is 14.5 Å². The van der Waals surface area contributed by atoms with E-state index in [9.17, 15) is 14.7 Å². The van der Waals surface area contributed by atoms with E-state index in [1.807, 2.05) is 30.3 Å². The average Bonchev–Trinajstić information content (AvgIpc) is 3.26. The molecule has 1 heterocycles. The molecule has 0 radical (unpaired) electrons. The van der Waals surface area contributed by atoms with E-state index in [-0.39, 0.29) is 48.6 Å². The van der Waals surface area contributed by atoms with Gasteiger partial charge in [0.1, 0.15) is 0 Å². The average molecular weight is 327 g/mol. The molecule has 1 saturated carbocycles. The van der Waals surface area contributed by atoms with Crippen LogP contribution in [0.25, 0.3) is 0 Å². The third kappa shape index (κ3) is 2.58. The van der Waals surface area contributed by atoms with Crippen LogP contribution in [-0.2, 0) is 20.9 Å². The lowest BCUT2D eigenvalue weighted by Gasteiger charge is -2.20.